The highest BCUT2D eigenvalue weighted by Crippen LogP contribution is 2.15. The van der Waals surface area contributed by atoms with E-state index >= 15 is 0 Å². The van der Waals surface area contributed by atoms with E-state index in [0.717, 1.165) is 57.8 Å². The van der Waals surface area contributed by atoms with Crippen LogP contribution in [0.15, 0.2) is 0 Å². The molecule has 0 aliphatic heterocycles. The Morgan fingerprint density at radius 1 is 0.957 bits per heavy atom. The van der Waals surface area contributed by atoms with Crippen LogP contribution in [0.4, 0.5) is 0 Å². The van der Waals surface area contributed by atoms with Gasteiger partial charge in [0.1, 0.15) is 4.83 Å². The Bertz CT molecular complexity index is 320. The van der Waals surface area contributed by atoms with E-state index in [9.17, 15) is 9.59 Å². The van der Waals surface area contributed by atoms with Crippen molar-refractivity contribution in [2.75, 3.05) is 6.61 Å². The van der Waals surface area contributed by atoms with Gasteiger partial charge in [0.25, 0.3) is 0 Å². The molecule has 136 valence electrons. The second-order valence-corrected chi connectivity index (χ2v) is 7.21. The predicted octanol–water partition coefficient (Wildman–Crippen LogP) is 5.17. The molecular formula is C18H33BrO4. The van der Waals surface area contributed by atoms with Crippen molar-refractivity contribution < 1.29 is 19.1 Å². The van der Waals surface area contributed by atoms with E-state index in [1.165, 1.54) is 13.3 Å². The van der Waals surface area contributed by atoms with Crippen LogP contribution >= 0.6 is 15.9 Å². The summed E-state index contributed by atoms with van der Waals surface area (Å²) in [7, 11) is 0. The van der Waals surface area contributed by atoms with Crippen LogP contribution in [0.5, 0.6) is 0 Å². The summed E-state index contributed by atoms with van der Waals surface area (Å²) in [4.78, 5) is 22.3. The van der Waals surface area contributed by atoms with Gasteiger partial charge >= 0.3 is 11.9 Å². The number of alkyl halides is 1. The molecule has 0 aliphatic rings. The third-order valence-corrected chi connectivity index (χ3v) is 4.53. The first-order valence-corrected chi connectivity index (χ1v) is 9.86. The third-order valence-electron chi connectivity index (χ3n) is 3.69. The first-order chi connectivity index (χ1) is 11.0. The van der Waals surface area contributed by atoms with Crippen LogP contribution < -0.4 is 0 Å². The van der Waals surface area contributed by atoms with Gasteiger partial charge in [-0.05, 0) is 32.6 Å². The zero-order valence-electron chi connectivity index (χ0n) is 14.9. The van der Waals surface area contributed by atoms with Crippen molar-refractivity contribution in [1.29, 1.82) is 0 Å². The van der Waals surface area contributed by atoms with E-state index in [2.05, 4.69) is 22.9 Å². The smallest absolute Gasteiger partial charge is 0.319 e. The Kier molecular flexibility index (Phi) is 14.6. The maximum Gasteiger partial charge on any atom is 0.319 e. The van der Waals surface area contributed by atoms with E-state index in [0.29, 0.717) is 6.61 Å². The molecule has 5 heteroatoms. The lowest BCUT2D eigenvalue weighted by atomic mass is 10.1. The number of rotatable bonds is 14. The molecule has 0 fully saturated rings. The van der Waals surface area contributed by atoms with E-state index in [1.54, 1.807) is 0 Å². The summed E-state index contributed by atoms with van der Waals surface area (Å²) in [6, 6.07) is 0. The van der Waals surface area contributed by atoms with Gasteiger partial charge in [-0.3, -0.25) is 9.59 Å². The summed E-state index contributed by atoms with van der Waals surface area (Å²) in [6.45, 7) is 6.06. The number of hydrogen-bond donors (Lipinski definition) is 0. The summed E-state index contributed by atoms with van der Waals surface area (Å²) in [5, 5.41) is 0. The third kappa shape index (κ3) is 14.7. The van der Waals surface area contributed by atoms with Crippen molar-refractivity contribution in [2.45, 2.75) is 95.9 Å². The van der Waals surface area contributed by atoms with Gasteiger partial charge in [0.05, 0.1) is 12.7 Å². The molecule has 0 spiro atoms. The molecule has 0 saturated heterocycles. The number of halogens is 1. The molecule has 0 N–H and O–H groups in total. The molecule has 4 nitrogen and oxygen atoms in total. The standard InChI is InChI=1S/C18H33BrO4/c1-4-5-13-17(19)18(21)23-15(2)12-10-8-6-7-9-11-14-22-16(3)20/h15,17H,4-14H2,1-3H3. The number of ether oxygens (including phenoxy) is 2. The first-order valence-electron chi connectivity index (χ1n) is 8.95. The molecule has 0 heterocycles. The minimum absolute atomic E-state index is 0.00635. The van der Waals surface area contributed by atoms with Gasteiger partial charge < -0.3 is 9.47 Å². The van der Waals surface area contributed by atoms with Gasteiger partial charge in [-0.2, -0.15) is 0 Å². The molecule has 2 atom stereocenters. The van der Waals surface area contributed by atoms with Crippen LogP contribution in [-0.2, 0) is 19.1 Å². The van der Waals surface area contributed by atoms with Crippen molar-refractivity contribution in [3.05, 3.63) is 0 Å². The normalized spacial score (nSPS) is 13.4. The molecular weight excluding hydrogens is 360 g/mol. The van der Waals surface area contributed by atoms with E-state index < -0.39 is 0 Å². The van der Waals surface area contributed by atoms with E-state index in [-0.39, 0.29) is 22.9 Å². The van der Waals surface area contributed by atoms with Gasteiger partial charge in [-0.15, -0.1) is 0 Å². The Hall–Kier alpha value is -0.580. The first kappa shape index (κ1) is 22.4. The molecule has 0 aromatic carbocycles. The van der Waals surface area contributed by atoms with Gasteiger partial charge in [0.2, 0.25) is 0 Å². The van der Waals surface area contributed by atoms with Crippen molar-refractivity contribution in [2.24, 2.45) is 0 Å². The fraction of sp³-hybridized carbons (Fsp3) is 0.889. The predicted molar refractivity (Wildman–Crippen MR) is 96.7 cm³/mol. The highest BCUT2D eigenvalue weighted by atomic mass is 79.9. The molecule has 0 radical (unpaired) electrons. The molecule has 0 saturated carbocycles. The highest BCUT2D eigenvalue weighted by Gasteiger charge is 2.18. The topological polar surface area (TPSA) is 52.6 Å². The molecule has 0 aromatic heterocycles. The van der Waals surface area contributed by atoms with Gasteiger partial charge in [-0.25, -0.2) is 0 Å². The summed E-state index contributed by atoms with van der Waals surface area (Å²) in [6.07, 6.45) is 10.5. The van der Waals surface area contributed by atoms with Gasteiger partial charge in [0, 0.05) is 6.92 Å². The van der Waals surface area contributed by atoms with Crippen LogP contribution in [0.3, 0.4) is 0 Å². The zero-order chi connectivity index (χ0) is 17.5. The quantitative estimate of drug-likeness (QED) is 0.232. The lowest BCUT2D eigenvalue weighted by Gasteiger charge is -2.15. The van der Waals surface area contributed by atoms with Crippen molar-refractivity contribution in [1.82, 2.24) is 0 Å². The van der Waals surface area contributed by atoms with Crippen molar-refractivity contribution >= 4 is 27.9 Å². The lowest BCUT2D eigenvalue weighted by Crippen LogP contribution is -2.22. The molecule has 0 aliphatic carbocycles. The Balaban J connectivity index is 3.47. The fourth-order valence-electron chi connectivity index (χ4n) is 2.29. The number of esters is 2. The van der Waals surface area contributed by atoms with Crippen LogP contribution in [-0.4, -0.2) is 29.5 Å². The second-order valence-electron chi connectivity index (χ2n) is 6.11. The zero-order valence-corrected chi connectivity index (χ0v) is 16.5. The van der Waals surface area contributed by atoms with Crippen LogP contribution in [0.2, 0.25) is 0 Å². The van der Waals surface area contributed by atoms with Crippen LogP contribution in [0.25, 0.3) is 0 Å². The van der Waals surface area contributed by atoms with Crippen molar-refractivity contribution in [3.8, 4) is 0 Å². The molecule has 0 rings (SSSR count). The van der Waals surface area contributed by atoms with E-state index in [4.69, 9.17) is 9.47 Å². The number of hydrogen-bond acceptors (Lipinski definition) is 4. The highest BCUT2D eigenvalue weighted by molar-refractivity contribution is 9.10. The average Bonchev–Trinajstić information content (AvgIpc) is 2.50. The summed E-state index contributed by atoms with van der Waals surface area (Å²) < 4.78 is 10.3. The minimum atomic E-state index is -0.200. The Morgan fingerprint density at radius 3 is 2.17 bits per heavy atom. The molecule has 0 aromatic rings. The van der Waals surface area contributed by atoms with Gasteiger partial charge in [0.15, 0.2) is 0 Å². The van der Waals surface area contributed by atoms with Crippen molar-refractivity contribution in [3.63, 3.8) is 0 Å². The second kappa shape index (κ2) is 15.0. The van der Waals surface area contributed by atoms with Crippen LogP contribution in [0, 0.1) is 0 Å². The minimum Gasteiger partial charge on any atom is -0.466 e. The number of unbranched alkanes of at least 4 members (excludes halogenated alkanes) is 6. The monoisotopic (exact) mass is 392 g/mol. The Morgan fingerprint density at radius 2 is 1.57 bits per heavy atom. The maximum absolute atomic E-state index is 11.8. The van der Waals surface area contributed by atoms with Crippen LogP contribution in [0.1, 0.15) is 85.0 Å². The summed E-state index contributed by atoms with van der Waals surface area (Å²) >= 11 is 3.40. The average molecular weight is 393 g/mol. The molecule has 23 heavy (non-hydrogen) atoms. The lowest BCUT2D eigenvalue weighted by molar-refractivity contribution is -0.147. The SMILES string of the molecule is CCCCC(Br)C(=O)OC(C)CCCCCCCCOC(C)=O. The molecule has 0 bridgehead atoms. The number of carbonyl (C=O) groups is 2. The molecule has 0 amide bonds. The fourth-order valence-corrected chi connectivity index (χ4v) is 2.72. The molecule has 2 unspecified atom stereocenters. The summed E-state index contributed by atoms with van der Waals surface area (Å²) in [5.74, 6) is -0.328. The van der Waals surface area contributed by atoms with E-state index in [1.807, 2.05) is 6.92 Å². The summed E-state index contributed by atoms with van der Waals surface area (Å²) in [5.41, 5.74) is 0. The maximum atomic E-state index is 11.8. The van der Waals surface area contributed by atoms with Gasteiger partial charge in [-0.1, -0.05) is 61.4 Å². The number of carbonyl (C=O) groups excluding carboxylic acids is 2. The largest absolute Gasteiger partial charge is 0.466 e. The Labute approximate surface area is 149 Å².